The average Bonchev–Trinajstić information content (AvgIpc) is 3.31. The van der Waals surface area contributed by atoms with E-state index in [2.05, 4.69) is 0 Å². The summed E-state index contributed by atoms with van der Waals surface area (Å²) in [5.41, 5.74) is 0.534. The zero-order valence-electron chi connectivity index (χ0n) is 31.9. The molecule has 0 aliphatic rings. The van der Waals surface area contributed by atoms with E-state index in [0.717, 1.165) is 0 Å². The van der Waals surface area contributed by atoms with Crippen LogP contribution in [-0.4, -0.2) is 73.4 Å². The predicted molar refractivity (Wildman–Crippen MR) is 216 cm³/mol. The maximum Gasteiger partial charge on any atom is 0.338 e. The van der Waals surface area contributed by atoms with E-state index in [1.165, 1.54) is 72.8 Å². The Morgan fingerprint density at radius 2 is 0.483 bits per heavy atom. The van der Waals surface area contributed by atoms with Crippen LogP contribution in [0.2, 0.25) is 0 Å². The normalized spacial score (nSPS) is 12.6. The van der Waals surface area contributed by atoms with Gasteiger partial charge in [-0.2, -0.15) is 0 Å². The van der Waals surface area contributed by atoms with E-state index in [9.17, 15) is 28.8 Å². The average molecular weight is 807 g/mol. The molecule has 0 amide bonds. The molecule has 12 heteroatoms. The number of benzene rings is 6. The van der Waals surface area contributed by atoms with Crippen LogP contribution in [0.5, 0.6) is 0 Å². The molecule has 12 nitrogen and oxygen atoms in total. The molecule has 302 valence electrons. The summed E-state index contributed by atoms with van der Waals surface area (Å²) in [6, 6.07) is 47.1. The molecule has 6 rings (SSSR count). The van der Waals surface area contributed by atoms with Gasteiger partial charge < -0.3 is 28.4 Å². The van der Waals surface area contributed by atoms with E-state index in [4.69, 9.17) is 28.4 Å². The fraction of sp³-hybridized carbons (Fsp3) is 0.125. The quantitative estimate of drug-likeness (QED) is 0.0658. The number of ether oxygens (including phenoxy) is 6. The molecule has 4 unspecified atom stereocenters. The minimum Gasteiger partial charge on any atom is -0.458 e. The summed E-state index contributed by atoms with van der Waals surface area (Å²) in [5.74, 6) is -5.48. The zero-order chi connectivity index (χ0) is 42.1. The molecule has 0 aliphatic heterocycles. The van der Waals surface area contributed by atoms with E-state index in [1.54, 1.807) is 109 Å². The van der Waals surface area contributed by atoms with Gasteiger partial charge in [0.2, 0.25) is 0 Å². The molecule has 0 radical (unpaired) electrons. The van der Waals surface area contributed by atoms with Crippen LogP contribution in [0.25, 0.3) is 0 Å². The molecule has 0 spiro atoms. The lowest BCUT2D eigenvalue weighted by atomic mass is 10.0. The van der Waals surface area contributed by atoms with Gasteiger partial charge in [-0.15, -0.1) is 0 Å². The van der Waals surface area contributed by atoms with Gasteiger partial charge in [-0.25, -0.2) is 28.8 Å². The summed E-state index contributed by atoms with van der Waals surface area (Å²) in [6.07, 6.45) is -7.33. The Morgan fingerprint density at radius 1 is 0.283 bits per heavy atom. The first-order chi connectivity index (χ1) is 29.3. The number of rotatable bonds is 17. The van der Waals surface area contributed by atoms with Gasteiger partial charge >= 0.3 is 35.8 Å². The Labute approximate surface area is 345 Å². The van der Waals surface area contributed by atoms with Gasteiger partial charge in [-0.3, -0.25) is 0 Å². The lowest BCUT2D eigenvalue weighted by molar-refractivity contribution is -0.138. The van der Waals surface area contributed by atoms with Crippen LogP contribution in [0.15, 0.2) is 182 Å². The molecule has 0 heterocycles. The maximum absolute atomic E-state index is 14.0. The van der Waals surface area contributed by atoms with Gasteiger partial charge in [0.1, 0.15) is 13.2 Å². The summed E-state index contributed by atoms with van der Waals surface area (Å²) in [7, 11) is 0. The van der Waals surface area contributed by atoms with Crippen molar-refractivity contribution >= 4 is 35.8 Å². The van der Waals surface area contributed by atoms with Crippen molar-refractivity contribution in [1.29, 1.82) is 0 Å². The van der Waals surface area contributed by atoms with Gasteiger partial charge in [0.15, 0.2) is 24.4 Å². The molecular weight excluding hydrogens is 769 g/mol. The second kappa shape index (κ2) is 21.1. The lowest BCUT2D eigenvalue weighted by Gasteiger charge is -2.35. The number of carbonyl (C=O) groups is 6. The van der Waals surface area contributed by atoms with Crippen molar-refractivity contribution < 1.29 is 57.2 Å². The van der Waals surface area contributed by atoms with Gasteiger partial charge in [0.05, 0.1) is 33.4 Å². The molecule has 0 N–H and O–H groups in total. The van der Waals surface area contributed by atoms with Crippen molar-refractivity contribution in [2.45, 2.75) is 24.4 Å². The monoisotopic (exact) mass is 806 g/mol. The van der Waals surface area contributed by atoms with E-state index in [-0.39, 0.29) is 33.4 Å². The van der Waals surface area contributed by atoms with Gasteiger partial charge in [-0.05, 0) is 72.8 Å². The summed E-state index contributed by atoms with van der Waals surface area (Å²) in [5, 5.41) is 0. The smallest absolute Gasteiger partial charge is 0.338 e. The van der Waals surface area contributed by atoms with Crippen molar-refractivity contribution in [3.8, 4) is 0 Å². The first kappa shape index (κ1) is 41.8. The minimum atomic E-state index is -1.91. The van der Waals surface area contributed by atoms with Crippen molar-refractivity contribution in [2.24, 2.45) is 0 Å². The largest absolute Gasteiger partial charge is 0.458 e. The molecule has 6 aromatic carbocycles. The van der Waals surface area contributed by atoms with Crippen molar-refractivity contribution in [3.05, 3.63) is 215 Å². The highest BCUT2D eigenvalue weighted by molar-refractivity contribution is 5.93. The highest BCUT2D eigenvalue weighted by Gasteiger charge is 2.46. The molecule has 60 heavy (non-hydrogen) atoms. The fourth-order valence-electron chi connectivity index (χ4n) is 5.82. The Morgan fingerprint density at radius 3 is 0.717 bits per heavy atom. The minimum absolute atomic E-state index is 0.0402. The number of esters is 6. The maximum atomic E-state index is 14.0. The third kappa shape index (κ3) is 11.6. The highest BCUT2D eigenvalue weighted by Crippen LogP contribution is 2.25. The van der Waals surface area contributed by atoms with E-state index < -0.39 is 73.4 Å². The van der Waals surface area contributed by atoms with Gasteiger partial charge in [0.25, 0.3) is 0 Å². The Hall–Kier alpha value is -7.86. The molecule has 0 saturated carbocycles. The van der Waals surface area contributed by atoms with Crippen LogP contribution >= 0.6 is 0 Å². The van der Waals surface area contributed by atoms with Gasteiger partial charge in [-0.1, -0.05) is 109 Å². The molecule has 0 aliphatic carbocycles. The van der Waals surface area contributed by atoms with Crippen LogP contribution in [0.1, 0.15) is 62.1 Å². The SMILES string of the molecule is O=C(OCC(OC(=O)c1ccccc1)C(OC(=O)c1ccccc1)C(OC(=O)c1ccccc1)C(COC(=O)c1ccccc1)OC(=O)c1ccccc1)c1ccccc1. The first-order valence-corrected chi connectivity index (χ1v) is 18.8. The van der Waals surface area contributed by atoms with E-state index in [1.807, 2.05) is 0 Å². The Balaban J connectivity index is 1.48. The van der Waals surface area contributed by atoms with Crippen LogP contribution in [0.4, 0.5) is 0 Å². The summed E-state index contributed by atoms with van der Waals surface area (Å²) in [6.45, 7) is -1.52. The Kier molecular flexibility index (Phi) is 14.7. The van der Waals surface area contributed by atoms with E-state index >= 15 is 0 Å². The standard InChI is InChI=1S/C48H38O12/c49-43(33-19-7-1-8-20-33)55-31-39(57-45(51)35-23-11-3-12-24-35)41(59-47(53)37-27-15-5-16-28-37)42(60-48(54)38-29-17-6-18-30-38)40(58-46(52)36-25-13-4-14-26-36)32-56-44(50)34-21-9-2-10-22-34/h1-30,39-42H,31-32H2. The van der Waals surface area contributed by atoms with Crippen LogP contribution < -0.4 is 0 Å². The molecule has 0 aromatic heterocycles. The van der Waals surface area contributed by atoms with Crippen LogP contribution in [0.3, 0.4) is 0 Å². The highest BCUT2D eigenvalue weighted by atomic mass is 16.6. The van der Waals surface area contributed by atoms with Crippen LogP contribution in [-0.2, 0) is 28.4 Å². The van der Waals surface area contributed by atoms with E-state index in [0.29, 0.717) is 0 Å². The number of hydrogen-bond donors (Lipinski definition) is 0. The predicted octanol–water partition coefficient (Wildman–Crippen LogP) is 7.60. The molecule has 6 aromatic rings. The van der Waals surface area contributed by atoms with Crippen molar-refractivity contribution in [1.82, 2.24) is 0 Å². The molecular formula is C48H38O12. The first-order valence-electron chi connectivity index (χ1n) is 18.8. The van der Waals surface area contributed by atoms with Crippen molar-refractivity contribution in [3.63, 3.8) is 0 Å². The zero-order valence-corrected chi connectivity index (χ0v) is 31.9. The number of carbonyl (C=O) groups excluding carboxylic acids is 6. The molecule has 0 fully saturated rings. The third-order valence-electron chi connectivity index (χ3n) is 8.87. The van der Waals surface area contributed by atoms with Gasteiger partial charge in [0, 0.05) is 0 Å². The molecule has 0 bridgehead atoms. The molecule has 4 atom stereocenters. The summed E-state index contributed by atoms with van der Waals surface area (Å²) >= 11 is 0. The summed E-state index contributed by atoms with van der Waals surface area (Å²) in [4.78, 5) is 82.5. The fourth-order valence-corrected chi connectivity index (χ4v) is 5.82. The molecule has 0 saturated heterocycles. The van der Waals surface area contributed by atoms with Crippen molar-refractivity contribution in [2.75, 3.05) is 13.2 Å². The Bertz CT molecular complexity index is 2170. The third-order valence-corrected chi connectivity index (χ3v) is 8.87. The number of hydrogen-bond acceptors (Lipinski definition) is 12. The second-order valence-electron chi connectivity index (χ2n) is 13.0. The van der Waals surface area contributed by atoms with Crippen LogP contribution in [0, 0.1) is 0 Å². The second-order valence-corrected chi connectivity index (χ2v) is 13.0. The lowest BCUT2D eigenvalue weighted by Crippen LogP contribution is -2.54. The topological polar surface area (TPSA) is 158 Å². The summed E-state index contributed by atoms with van der Waals surface area (Å²) < 4.78 is 35.6.